The Morgan fingerprint density at radius 1 is 1.20 bits per heavy atom. The van der Waals surface area contributed by atoms with Crippen molar-refractivity contribution in [3.8, 4) is 0 Å². The molecule has 2 bridgehead atoms. The smallest absolute Gasteiger partial charge is 0.357 e. The highest BCUT2D eigenvalue weighted by molar-refractivity contribution is 5.96. The van der Waals surface area contributed by atoms with Gasteiger partial charge in [-0.2, -0.15) is 0 Å². The van der Waals surface area contributed by atoms with Crippen molar-refractivity contribution < 1.29 is 28.9 Å². The van der Waals surface area contributed by atoms with Gasteiger partial charge in [0.2, 0.25) is 0 Å². The molecule has 8 atom stereocenters. The van der Waals surface area contributed by atoms with E-state index in [1.807, 2.05) is 51.1 Å². The number of esters is 1. The zero-order valence-electron chi connectivity index (χ0n) is 24.2. The molecule has 2 aromatic rings. The molecule has 1 N–H and O–H groups in total. The first-order valence-electron chi connectivity index (χ1n) is 14.4. The Labute approximate surface area is 234 Å². The number of ether oxygens (including phenoxy) is 3. The summed E-state index contributed by atoms with van der Waals surface area (Å²) >= 11 is 0. The molecule has 1 spiro atoms. The van der Waals surface area contributed by atoms with Gasteiger partial charge in [-0.1, -0.05) is 39.0 Å². The number of carbonyl (C=O) groups is 2. The van der Waals surface area contributed by atoms with Gasteiger partial charge in [0, 0.05) is 12.1 Å². The van der Waals surface area contributed by atoms with Gasteiger partial charge in [-0.3, -0.25) is 9.20 Å². The zero-order valence-corrected chi connectivity index (χ0v) is 24.2. The van der Waals surface area contributed by atoms with E-state index in [1.165, 1.54) is 0 Å². The molecule has 0 amide bonds. The first kappa shape index (κ1) is 26.1. The number of fused-ring (bicyclic) bond motifs is 6. The van der Waals surface area contributed by atoms with E-state index in [0.29, 0.717) is 28.5 Å². The predicted molar refractivity (Wildman–Crippen MR) is 146 cm³/mol. The van der Waals surface area contributed by atoms with Gasteiger partial charge in [0.1, 0.15) is 11.8 Å². The minimum atomic E-state index is -1.85. The Hall–Kier alpha value is -2.81. The molecule has 8 heteroatoms. The second kappa shape index (κ2) is 7.93. The molecule has 7 rings (SSSR count). The lowest BCUT2D eigenvalue weighted by atomic mass is 9.59. The molecular weight excluding hydrogens is 508 g/mol. The Morgan fingerprint density at radius 3 is 2.70 bits per heavy atom. The van der Waals surface area contributed by atoms with Crippen molar-refractivity contribution in [2.24, 2.45) is 34.5 Å². The summed E-state index contributed by atoms with van der Waals surface area (Å²) in [4.78, 5) is 33.2. The summed E-state index contributed by atoms with van der Waals surface area (Å²) in [6.07, 6.45) is 4.51. The molecule has 3 heterocycles. The monoisotopic (exact) mass is 546 g/mol. The Kier molecular flexibility index (Phi) is 5.17. The number of aryl methyl sites for hydroxylation is 1. The Morgan fingerprint density at radius 2 is 1.95 bits per heavy atom. The van der Waals surface area contributed by atoms with E-state index in [9.17, 15) is 14.7 Å². The average Bonchev–Trinajstić information content (AvgIpc) is 3.18. The largest absolute Gasteiger partial charge is 0.450 e. The molecule has 4 aliphatic carbocycles. The fourth-order valence-electron chi connectivity index (χ4n) is 8.82. The normalized spacial score (nSPS) is 40.6. The van der Waals surface area contributed by atoms with Crippen LogP contribution >= 0.6 is 0 Å². The third-order valence-electron chi connectivity index (χ3n) is 10.8. The summed E-state index contributed by atoms with van der Waals surface area (Å²) < 4.78 is 20.6. The molecule has 1 aliphatic heterocycles. The van der Waals surface area contributed by atoms with Gasteiger partial charge in [-0.15, -0.1) is 0 Å². The number of pyridine rings is 1. The molecule has 3 fully saturated rings. The number of nitrogens with zero attached hydrogens (tertiary/aromatic N) is 2. The first-order valence-corrected chi connectivity index (χ1v) is 14.4. The number of hydrogen-bond acceptors (Lipinski definition) is 7. The van der Waals surface area contributed by atoms with Crippen molar-refractivity contribution in [1.29, 1.82) is 0 Å². The minimum Gasteiger partial charge on any atom is -0.450 e. The topological polar surface area (TPSA) is 99.4 Å². The lowest BCUT2D eigenvalue weighted by Crippen LogP contribution is -2.68. The van der Waals surface area contributed by atoms with Crippen LogP contribution in [0, 0.1) is 41.4 Å². The third kappa shape index (κ3) is 3.10. The van der Waals surface area contributed by atoms with Crippen LogP contribution in [0.2, 0.25) is 0 Å². The standard InChI is InChI=1S/C32H38N2O6/c1-16-14-31-17(2)12-21-23(29(21,4)5)20(25(31)35)13-19-15-38-30(6,7)40-27(19)32(31,37)26(16)39-28(36)24-18(3)33-22-10-8-9-11-34(22)24/h8-11,13-14,17,20-21,23,26-27,37H,12,15H2,1-7H3/t17-,20+,21-,23+,26+,27-,31+,32-/m1/s1. The maximum Gasteiger partial charge on any atom is 0.357 e. The van der Waals surface area contributed by atoms with Crippen molar-refractivity contribution in [2.45, 2.75) is 78.5 Å². The van der Waals surface area contributed by atoms with E-state index in [1.54, 1.807) is 17.5 Å². The van der Waals surface area contributed by atoms with E-state index < -0.39 is 35.0 Å². The van der Waals surface area contributed by atoms with Crippen LogP contribution in [0.4, 0.5) is 0 Å². The summed E-state index contributed by atoms with van der Waals surface area (Å²) in [5.74, 6) is -1.62. The summed E-state index contributed by atoms with van der Waals surface area (Å²) in [7, 11) is 0. The van der Waals surface area contributed by atoms with E-state index in [-0.39, 0.29) is 35.6 Å². The molecule has 1 saturated heterocycles. The first-order chi connectivity index (χ1) is 18.7. The van der Waals surface area contributed by atoms with E-state index in [4.69, 9.17) is 14.2 Å². The molecule has 8 nitrogen and oxygen atoms in total. The van der Waals surface area contributed by atoms with E-state index in [2.05, 4.69) is 25.8 Å². The van der Waals surface area contributed by atoms with E-state index in [0.717, 1.165) is 12.0 Å². The zero-order chi connectivity index (χ0) is 28.6. The highest BCUT2D eigenvalue weighted by Gasteiger charge is 2.77. The summed E-state index contributed by atoms with van der Waals surface area (Å²) in [6.45, 7) is 14.0. The quantitative estimate of drug-likeness (QED) is 0.439. The van der Waals surface area contributed by atoms with Crippen LogP contribution < -0.4 is 0 Å². The second-order valence-corrected chi connectivity index (χ2v) is 13.8. The van der Waals surface area contributed by atoms with Crippen LogP contribution in [0.1, 0.15) is 64.1 Å². The van der Waals surface area contributed by atoms with Crippen molar-refractivity contribution in [1.82, 2.24) is 9.38 Å². The van der Waals surface area contributed by atoms with Crippen molar-refractivity contribution in [2.75, 3.05) is 6.61 Å². The number of hydrogen-bond donors (Lipinski definition) is 1. The molecule has 212 valence electrons. The Balaban J connectivity index is 1.39. The van der Waals surface area contributed by atoms with Gasteiger partial charge in [0.15, 0.2) is 29.0 Å². The minimum absolute atomic E-state index is 0.00670. The van der Waals surface area contributed by atoms with Gasteiger partial charge >= 0.3 is 5.97 Å². The van der Waals surface area contributed by atoms with Gasteiger partial charge < -0.3 is 19.3 Å². The molecule has 0 aromatic carbocycles. The highest BCUT2D eigenvalue weighted by Crippen LogP contribution is 2.72. The van der Waals surface area contributed by atoms with Crippen LogP contribution in [0.25, 0.3) is 5.65 Å². The van der Waals surface area contributed by atoms with Gasteiger partial charge in [-0.05, 0) is 80.6 Å². The molecule has 0 unspecified atom stereocenters. The fraction of sp³-hybridized carbons (Fsp3) is 0.594. The van der Waals surface area contributed by atoms with Gasteiger partial charge in [0.25, 0.3) is 0 Å². The summed E-state index contributed by atoms with van der Waals surface area (Å²) in [5, 5.41) is 13.2. The highest BCUT2D eigenvalue weighted by atomic mass is 16.7. The number of imidazole rings is 1. The van der Waals surface area contributed by atoms with Gasteiger partial charge in [-0.25, -0.2) is 9.78 Å². The van der Waals surface area contributed by atoms with Crippen LogP contribution in [0.15, 0.2) is 47.7 Å². The number of aliphatic hydroxyl groups is 1. The maximum atomic E-state index is 14.8. The SMILES string of the molecule is CC1=C[C@]23C(=O)[C@@H](C=C4COC(C)(C)O[C@H]4[C@]2(O)[C@H]1OC(=O)c1c(C)nc2ccccn12)[C@H]1[C@@H](C[C@H]3C)C1(C)C. The number of Topliss-reactive ketones (excluding diaryl/α,β-unsaturated/α-hetero) is 1. The van der Waals surface area contributed by atoms with Crippen molar-refractivity contribution in [3.05, 3.63) is 59.1 Å². The lowest BCUT2D eigenvalue weighted by molar-refractivity contribution is -0.302. The van der Waals surface area contributed by atoms with E-state index >= 15 is 0 Å². The number of rotatable bonds is 2. The maximum absolute atomic E-state index is 14.8. The molecule has 2 aromatic heterocycles. The van der Waals surface area contributed by atoms with Crippen LogP contribution in [-0.4, -0.2) is 56.4 Å². The molecular formula is C32H38N2O6. The Bertz CT molecular complexity index is 1530. The molecule has 5 aliphatic rings. The molecule has 0 radical (unpaired) electrons. The van der Waals surface area contributed by atoms with Gasteiger partial charge in [0.05, 0.1) is 17.7 Å². The second-order valence-electron chi connectivity index (χ2n) is 13.8. The van der Waals surface area contributed by atoms with Crippen LogP contribution in [0.5, 0.6) is 0 Å². The summed E-state index contributed by atoms with van der Waals surface area (Å²) in [5.41, 5.74) is -0.230. The molecule has 2 saturated carbocycles. The van der Waals surface area contributed by atoms with Crippen LogP contribution in [0.3, 0.4) is 0 Å². The molecule has 40 heavy (non-hydrogen) atoms. The van der Waals surface area contributed by atoms with Crippen molar-refractivity contribution in [3.63, 3.8) is 0 Å². The summed E-state index contributed by atoms with van der Waals surface area (Å²) in [6, 6.07) is 5.51. The predicted octanol–water partition coefficient (Wildman–Crippen LogP) is 4.43. The van der Waals surface area contributed by atoms with Crippen LogP contribution in [-0.2, 0) is 19.0 Å². The third-order valence-corrected chi connectivity index (χ3v) is 10.8. The number of ketones is 1. The van der Waals surface area contributed by atoms with Crippen molar-refractivity contribution >= 4 is 17.4 Å². The number of carbonyl (C=O) groups excluding carboxylic acids is 2. The fourth-order valence-corrected chi connectivity index (χ4v) is 8.82. The average molecular weight is 547 g/mol. The number of aromatic nitrogens is 2. The lowest BCUT2D eigenvalue weighted by Gasteiger charge is -2.52. The number of allylic oxidation sites excluding steroid dienone is 1.